The minimum atomic E-state index is 0.773. The molecule has 0 radical (unpaired) electrons. The van der Waals surface area contributed by atoms with Crippen molar-refractivity contribution in [3.63, 3.8) is 0 Å². The molecule has 2 N–H and O–H groups in total. The average Bonchev–Trinajstić information content (AvgIpc) is 2.55. The second kappa shape index (κ2) is 8.74. The third kappa shape index (κ3) is 5.59. The molecule has 2 nitrogen and oxygen atoms in total. The van der Waals surface area contributed by atoms with Crippen molar-refractivity contribution >= 4 is 38.2 Å². The van der Waals surface area contributed by atoms with Crippen LogP contribution >= 0.6 is 0 Å². The largest absolute Gasteiger partial charge is 0.380 e. The van der Waals surface area contributed by atoms with Crippen molar-refractivity contribution in [2.24, 2.45) is 0 Å². The molecule has 2 aromatic rings. The first-order chi connectivity index (χ1) is 11.2. The van der Waals surface area contributed by atoms with Crippen LogP contribution < -0.4 is 16.1 Å². The van der Waals surface area contributed by atoms with Gasteiger partial charge in [0.05, 0.1) is 11.4 Å². The summed E-state index contributed by atoms with van der Waals surface area (Å²) in [5.74, 6) is 0. The van der Waals surface area contributed by atoms with Gasteiger partial charge in [0.25, 0.3) is 0 Å². The van der Waals surface area contributed by atoms with Crippen molar-refractivity contribution in [1.82, 2.24) is 0 Å². The molecule has 4 heteroatoms. The summed E-state index contributed by atoms with van der Waals surface area (Å²) in [6, 6.07) is 16.6. The predicted octanol–water partition coefficient (Wildman–Crippen LogP) is 2.36. The Morgan fingerprint density at radius 1 is 1.04 bits per heavy atom. The quantitative estimate of drug-likeness (QED) is 0.606. The van der Waals surface area contributed by atoms with Gasteiger partial charge in [-0.25, -0.2) is 0 Å². The van der Waals surface area contributed by atoms with Crippen LogP contribution in [0.4, 0.5) is 17.1 Å². The molecule has 0 aromatic heterocycles. The number of allylic oxidation sites excluding steroid dienone is 4. The fourth-order valence-corrected chi connectivity index (χ4v) is 2.19. The van der Waals surface area contributed by atoms with Gasteiger partial charge in [0.15, 0.2) is 0 Å². The Balaban J connectivity index is 2.01. The van der Waals surface area contributed by atoms with Crippen LogP contribution in [-0.4, -0.2) is 22.2 Å². The van der Waals surface area contributed by atoms with E-state index < -0.39 is 0 Å². The van der Waals surface area contributed by atoms with Gasteiger partial charge in [-0.1, -0.05) is 66.1 Å². The summed E-state index contributed by atoms with van der Waals surface area (Å²) < 4.78 is 0. The van der Waals surface area contributed by atoms with E-state index in [1.54, 1.807) is 6.08 Å². The van der Waals surface area contributed by atoms with Gasteiger partial charge in [0.2, 0.25) is 0 Å². The molecule has 2 rings (SSSR count). The summed E-state index contributed by atoms with van der Waals surface area (Å²) in [7, 11) is 4.15. The molecular formula is C19H22B2N2. The van der Waals surface area contributed by atoms with Gasteiger partial charge in [0.1, 0.15) is 15.7 Å². The van der Waals surface area contributed by atoms with E-state index in [2.05, 4.69) is 81.5 Å². The Bertz CT molecular complexity index is 704. The molecule has 0 aliphatic carbocycles. The van der Waals surface area contributed by atoms with Crippen molar-refractivity contribution in [3.8, 4) is 0 Å². The second-order valence-corrected chi connectivity index (χ2v) is 5.47. The number of nitrogens with one attached hydrogen (secondary N) is 2. The molecule has 0 aliphatic rings. The summed E-state index contributed by atoms with van der Waals surface area (Å²) in [4.78, 5) is 0. The fourth-order valence-electron chi connectivity index (χ4n) is 2.19. The number of hydrogen-bond acceptors (Lipinski definition) is 2. The van der Waals surface area contributed by atoms with Crippen LogP contribution in [0.5, 0.6) is 0 Å². The van der Waals surface area contributed by atoms with E-state index in [4.69, 9.17) is 0 Å². The van der Waals surface area contributed by atoms with Gasteiger partial charge in [-0.2, -0.15) is 0 Å². The van der Waals surface area contributed by atoms with E-state index in [9.17, 15) is 0 Å². The van der Waals surface area contributed by atoms with E-state index in [1.807, 2.05) is 18.2 Å². The standard InChI is InChI=1S/C19H22B2N2/c1-2-6-15(20)7-5-14-22-18-8-3-4-9-19(18)23-17-12-10-16(21)11-13-17/h2-13,22-23H,1,14,20-21H2/b7-5-,15-6+. The molecule has 23 heavy (non-hydrogen) atoms. The molecule has 0 bridgehead atoms. The van der Waals surface area contributed by atoms with Gasteiger partial charge < -0.3 is 10.6 Å². The van der Waals surface area contributed by atoms with Crippen molar-refractivity contribution in [2.45, 2.75) is 0 Å². The number of rotatable bonds is 7. The highest BCUT2D eigenvalue weighted by Crippen LogP contribution is 2.24. The second-order valence-electron chi connectivity index (χ2n) is 5.47. The molecule has 0 amide bonds. The summed E-state index contributed by atoms with van der Waals surface area (Å²) in [5.41, 5.74) is 5.69. The van der Waals surface area contributed by atoms with E-state index in [0.717, 1.165) is 23.6 Å². The van der Waals surface area contributed by atoms with Gasteiger partial charge in [-0.05, 0) is 24.3 Å². The highest BCUT2D eigenvalue weighted by molar-refractivity contribution is 6.32. The molecule has 0 spiro atoms. The van der Waals surface area contributed by atoms with E-state index >= 15 is 0 Å². The zero-order valence-electron chi connectivity index (χ0n) is 13.8. The number of anilines is 3. The van der Waals surface area contributed by atoms with Crippen molar-refractivity contribution in [2.75, 3.05) is 17.2 Å². The lowest BCUT2D eigenvalue weighted by Gasteiger charge is -2.13. The molecule has 0 fully saturated rings. The smallest absolute Gasteiger partial charge is 0.139 e. The van der Waals surface area contributed by atoms with Crippen LogP contribution in [0.2, 0.25) is 0 Å². The van der Waals surface area contributed by atoms with Crippen molar-refractivity contribution < 1.29 is 0 Å². The van der Waals surface area contributed by atoms with Gasteiger partial charge in [0, 0.05) is 12.2 Å². The van der Waals surface area contributed by atoms with Crippen LogP contribution in [0.1, 0.15) is 0 Å². The molecule has 0 aliphatic heterocycles. The van der Waals surface area contributed by atoms with Crippen LogP contribution in [0.25, 0.3) is 0 Å². The first-order valence-corrected chi connectivity index (χ1v) is 7.81. The van der Waals surface area contributed by atoms with Crippen LogP contribution in [0.3, 0.4) is 0 Å². The van der Waals surface area contributed by atoms with E-state index in [1.165, 1.54) is 10.9 Å². The number of para-hydroxylation sites is 2. The molecule has 0 heterocycles. The molecule has 0 unspecified atom stereocenters. The maximum absolute atomic E-state index is 3.70. The van der Waals surface area contributed by atoms with Crippen LogP contribution in [-0.2, 0) is 0 Å². The third-order valence-corrected chi connectivity index (χ3v) is 3.43. The number of hydrogen-bond donors (Lipinski definition) is 2. The lowest BCUT2D eigenvalue weighted by molar-refractivity contribution is 1.33. The summed E-state index contributed by atoms with van der Waals surface area (Å²) in [6.45, 7) is 4.47. The molecule has 114 valence electrons. The summed E-state index contributed by atoms with van der Waals surface area (Å²) in [5, 5.41) is 6.90. The minimum absolute atomic E-state index is 0.773. The minimum Gasteiger partial charge on any atom is -0.380 e. The summed E-state index contributed by atoms with van der Waals surface area (Å²) >= 11 is 0. The normalized spacial score (nSPS) is 11.4. The SMILES string of the molecule is BC(/C=C\CNc1ccccc1Nc1ccc(B)cc1)=C/C=C. The molecule has 0 saturated heterocycles. The average molecular weight is 300 g/mol. The Kier molecular flexibility index (Phi) is 6.37. The monoisotopic (exact) mass is 300 g/mol. The van der Waals surface area contributed by atoms with Crippen molar-refractivity contribution in [1.29, 1.82) is 0 Å². The lowest BCUT2D eigenvalue weighted by atomic mass is 9.95. The maximum Gasteiger partial charge on any atom is 0.139 e. The number of benzene rings is 2. The van der Waals surface area contributed by atoms with Gasteiger partial charge in [-0.15, -0.1) is 0 Å². The Morgan fingerprint density at radius 2 is 1.74 bits per heavy atom. The maximum atomic E-state index is 3.70. The third-order valence-electron chi connectivity index (χ3n) is 3.43. The highest BCUT2D eigenvalue weighted by atomic mass is 15.0. The zero-order chi connectivity index (χ0) is 16.5. The lowest BCUT2D eigenvalue weighted by Crippen LogP contribution is -2.04. The van der Waals surface area contributed by atoms with Gasteiger partial charge in [-0.3, -0.25) is 0 Å². The molecular weight excluding hydrogens is 278 g/mol. The zero-order valence-corrected chi connectivity index (χ0v) is 13.8. The summed E-state index contributed by atoms with van der Waals surface area (Å²) in [6.07, 6.45) is 7.99. The predicted molar refractivity (Wildman–Crippen MR) is 109 cm³/mol. The molecule has 2 aromatic carbocycles. The van der Waals surface area contributed by atoms with Crippen LogP contribution in [0, 0.1) is 0 Å². The Morgan fingerprint density at radius 3 is 2.43 bits per heavy atom. The van der Waals surface area contributed by atoms with Crippen LogP contribution in [0.15, 0.2) is 84.9 Å². The molecule has 0 atom stereocenters. The first kappa shape index (κ1) is 16.8. The van der Waals surface area contributed by atoms with E-state index in [0.29, 0.717) is 0 Å². The van der Waals surface area contributed by atoms with Crippen molar-refractivity contribution in [3.05, 3.63) is 84.9 Å². The molecule has 0 saturated carbocycles. The fraction of sp³-hybridized carbons (Fsp3) is 0.0526. The Hall–Kier alpha value is -2.61. The topological polar surface area (TPSA) is 24.1 Å². The van der Waals surface area contributed by atoms with Gasteiger partial charge >= 0.3 is 0 Å². The first-order valence-electron chi connectivity index (χ1n) is 7.81. The van der Waals surface area contributed by atoms with E-state index in [-0.39, 0.29) is 0 Å². The Labute approximate surface area is 140 Å². The highest BCUT2D eigenvalue weighted by Gasteiger charge is 2.00.